The van der Waals surface area contributed by atoms with Gasteiger partial charge in [-0.15, -0.1) is 0 Å². The van der Waals surface area contributed by atoms with E-state index in [9.17, 15) is 9.59 Å². The van der Waals surface area contributed by atoms with Crippen molar-refractivity contribution >= 4 is 33.9 Å². The van der Waals surface area contributed by atoms with Gasteiger partial charge in [0.1, 0.15) is 5.75 Å². The molecule has 0 atom stereocenters. The zero-order valence-corrected chi connectivity index (χ0v) is 16.9. The van der Waals surface area contributed by atoms with Crippen molar-refractivity contribution in [1.29, 1.82) is 0 Å². The molecule has 1 amide bonds. The summed E-state index contributed by atoms with van der Waals surface area (Å²) >= 11 is 3.42. The maximum Gasteiger partial charge on any atom is 0.340 e. The summed E-state index contributed by atoms with van der Waals surface area (Å²) in [5, 5.41) is 0. The van der Waals surface area contributed by atoms with Crippen LogP contribution < -0.4 is 4.74 Å². The fraction of sp³-hybridized carbons (Fsp3) is 0.368. The second kappa shape index (κ2) is 9.00. The van der Waals surface area contributed by atoms with Crippen LogP contribution >= 0.6 is 15.9 Å². The van der Waals surface area contributed by atoms with Gasteiger partial charge in [0.05, 0.1) is 25.4 Å². The molecule has 26 heavy (non-hydrogen) atoms. The summed E-state index contributed by atoms with van der Waals surface area (Å²) in [7, 11) is 4.47. The molecule has 1 aliphatic rings. The number of allylic oxidation sites excluding steroid dienone is 1. The largest absolute Gasteiger partial charge is 0.496 e. The smallest absolute Gasteiger partial charge is 0.340 e. The Morgan fingerprint density at radius 2 is 2.00 bits per heavy atom. The molecule has 1 aromatic rings. The highest BCUT2D eigenvalue weighted by Crippen LogP contribution is 2.34. The summed E-state index contributed by atoms with van der Waals surface area (Å²) in [4.78, 5) is 26.8. The Balaban J connectivity index is 2.50. The topological polar surface area (TPSA) is 65.1 Å². The third-order valence-corrected chi connectivity index (χ3v) is 4.62. The maximum absolute atomic E-state index is 12.9. The number of hydrogen-bond acceptors (Lipinski definition) is 5. The van der Waals surface area contributed by atoms with Crippen LogP contribution in [-0.2, 0) is 19.1 Å². The highest BCUT2D eigenvalue weighted by atomic mass is 79.9. The third kappa shape index (κ3) is 4.16. The van der Waals surface area contributed by atoms with E-state index in [4.69, 9.17) is 14.2 Å². The predicted octanol–water partition coefficient (Wildman–Crippen LogP) is 3.17. The predicted molar refractivity (Wildman–Crippen MR) is 102 cm³/mol. The van der Waals surface area contributed by atoms with E-state index < -0.39 is 5.97 Å². The number of amides is 1. The van der Waals surface area contributed by atoms with E-state index in [1.54, 1.807) is 38.2 Å². The van der Waals surface area contributed by atoms with Crippen molar-refractivity contribution in [2.24, 2.45) is 0 Å². The molecule has 0 N–H and O–H groups in total. The number of methoxy groups -OCH3 is 3. The van der Waals surface area contributed by atoms with Crippen LogP contribution in [0.4, 0.5) is 0 Å². The molecule has 140 valence electrons. The van der Waals surface area contributed by atoms with E-state index in [2.05, 4.69) is 15.9 Å². The van der Waals surface area contributed by atoms with Crippen molar-refractivity contribution in [3.05, 3.63) is 45.1 Å². The van der Waals surface area contributed by atoms with Gasteiger partial charge in [0.25, 0.3) is 5.91 Å². The first-order chi connectivity index (χ1) is 12.4. The molecule has 1 heterocycles. The number of halogens is 1. The molecule has 1 aromatic carbocycles. The van der Waals surface area contributed by atoms with Gasteiger partial charge >= 0.3 is 5.97 Å². The number of rotatable bonds is 7. The Bertz CT molecular complexity index is 769. The minimum absolute atomic E-state index is 0.235. The van der Waals surface area contributed by atoms with Gasteiger partial charge in [0.2, 0.25) is 0 Å². The minimum Gasteiger partial charge on any atom is -0.496 e. The van der Waals surface area contributed by atoms with Crippen LogP contribution in [0.1, 0.15) is 18.9 Å². The second-order valence-electron chi connectivity index (χ2n) is 5.70. The van der Waals surface area contributed by atoms with Crippen molar-refractivity contribution in [3.63, 3.8) is 0 Å². The molecule has 6 nitrogen and oxygen atoms in total. The molecular weight excluding hydrogens is 402 g/mol. The summed E-state index contributed by atoms with van der Waals surface area (Å²) in [6, 6.07) is 5.47. The molecule has 2 rings (SSSR count). The van der Waals surface area contributed by atoms with Gasteiger partial charge in [-0.05, 0) is 37.6 Å². The number of benzene rings is 1. The van der Waals surface area contributed by atoms with Crippen molar-refractivity contribution in [1.82, 2.24) is 4.90 Å². The van der Waals surface area contributed by atoms with E-state index in [-0.39, 0.29) is 11.5 Å². The van der Waals surface area contributed by atoms with Crippen LogP contribution in [0.15, 0.2) is 39.5 Å². The first-order valence-corrected chi connectivity index (χ1v) is 8.89. The zero-order valence-electron chi connectivity index (χ0n) is 15.3. The molecule has 1 aliphatic heterocycles. The van der Waals surface area contributed by atoms with Crippen molar-refractivity contribution in [2.45, 2.75) is 13.3 Å². The van der Waals surface area contributed by atoms with Gasteiger partial charge in [-0.1, -0.05) is 15.9 Å². The van der Waals surface area contributed by atoms with Gasteiger partial charge in [0.15, 0.2) is 0 Å². The summed E-state index contributed by atoms with van der Waals surface area (Å²) in [6.45, 7) is 2.74. The monoisotopic (exact) mass is 423 g/mol. The van der Waals surface area contributed by atoms with Crippen LogP contribution in [-0.4, -0.2) is 51.3 Å². The van der Waals surface area contributed by atoms with Crippen LogP contribution in [0.3, 0.4) is 0 Å². The molecule has 0 radical (unpaired) electrons. The lowest BCUT2D eigenvalue weighted by Crippen LogP contribution is -2.26. The van der Waals surface area contributed by atoms with Crippen molar-refractivity contribution in [3.8, 4) is 5.75 Å². The lowest BCUT2D eigenvalue weighted by molar-refractivity contribution is -0.136. The molecule has 0 aromatic heterocycles. The average molecular weight is 424 g/mol. The number of carbonyl (C=O) groups excluding carboxylic acids is 2. The first kappa shape index (κ1) is 20.2. The Labute approximate surface area is 161 Å². The highest BCUT2D eigenvalue weighted by molar-refractivity contribution is 9.10. The molecule has 0 bridgehead atoms. The fourth-order valence-electron chi connectivity index (χ4n) is 2.84. The summed E-state index contributed by atoms with van der Waals surface area (Å²) in [6.07, 6.45) is 2.33. The molecule has 0 spiro atoms. The SMILES string of the molecule is COCCCN1C(=O)C(=Cc2cc(Br)ccc2OC)C(C(=O)OC)=C1C. The second-order valence-corrected chi connectivity index (χ2v) is 6.62. The molecule has 0 saturated heterocycles. The molecular formula is C19H22BrNO5. The lowest BCUT2D eigenvalue weighted by Gasteiger charge is -2.17. The Morgan fingerprint density at radius 3 is 2.62 bits per heavy atom. The molecule has 0 saturated carbocycles. The third-order valence-electron chi connectivity index (χ3n) is 4.12. The van der Waals surface area contributed by atoms with Crippen molar-refractivity contribution in [2.75, 3.05) is 34.5 Å². The normalized spacial score (nSPS) is 15.8. The first-order valence-electron chi connectivity index (χ1n) is 8.10. The Morgan fingerprint density at radius 1 is 1.27 bits per heavy atom. The van der Waals surface area contributed by atoms with E-state index in [1.165, 1.54) is 7.11 Å². The van der Waals surface area contributed by atoms with E-state index in [1.807, 2.05) is 12.1 Å². The van der Waals surface area contributed by atoms with Crippen molar-refractivity contribution < 1.29 is 23.8 Å². The lowest BCUT2D eigenvalue weighted by atomic mass is 10.0. The van der Waals surface area contributed by atoms with Crippen LogP contribution in [0.2, 0.25) is 0 Å². The van der Waals surface area contributed by atoms with Crippen LogP contribution in [0.5, 0.6) is 5.75 Å². The minimum atomic E-state index is -0.537. The number of hydrogen-bond donors (Lipinski definition) is 0. The van der Waals surface area contributed by atoms with Gasteiger partial charge < -0.3 is 19.1 Å². The van der Waals surface area contributed by atoms with Gasteiger partial charge in [-0.3, -0.25) is 4.79 Å². The maximum atomic E-state index is 12.9. The standard InChI is InChI=1S/C19H22BrNO5/c1-12-17(19(23)26-4)15(18(22)21(12)8-5-9-24-2)11-13-10-14(20)6-7-16(13)25-3/h6-7,10-11H,5,8-9H2,1-4H3. The van der Waals surface area contributed by atoms with E-state index >= 15 is 0 Å². The van der Waals surface area contributed by atoms with E-state index in [0.717, 1.165) is 4.47 Å². The van der Waals surface area contributed by atoms with Gasteiger partial charge in [0, 0.05) is 36.0 Å². The fourth-order valence-corrected chi connectivity index (χ4v) is 3.22. The number of ether oxygens (including phenoxy) is 3. The molecule has 7 heteroatoms. The number of carbonyl (C=O) groups is 2. The van der Waals surface area contributed by atoms with Gasteiger partial charge in [-0.2, -0.15) is 0 Å². The highest BCUT2D eigenvalue weighted by Gasteiger charge is 2.36. The molecule has 0 unspecified atom stereocenters. The molecule has 0 fully saturated rings. The van der Waals surface area contributed by atoms with Crippen LogP contribution in [0, 0.1) is 0 Å². The molecule has 0 aliphatic carbocycles. The Kier molecular flexibility index (Phi) is 6.99. The average Bonchev–Trinajstić information content (AvgIpc) is 2.86. The number of esters is 1. The van der Waals surface area contributed by atoms with Gasteiger partial charge in [-0.25, -0.2) is 4.79 Å². The van der Waals surface area contributed by atoms with E-state index in [0.29, 0.717) is 42.2 Å². The Hall–Kier alpha value is -2.12. The summed E-state index contributed by atoms with van der Waals surface area (Å²) in [5.41, 5.74) is 1.84. The van der Waals surface area contributed by atoms with Crippen LogP contribution in [0.25, 0.3) is 6.08 Å². The number of nitrogens with zero attached hydrogens (tertiary/aromatic N) is 1. The summed E-state index contributed by atoms with van der Waals surface area (Å²) < 4.78 is 16.1. The quantitative estimate of drug-likeness (QED) is 0.382. The summed E-state index contributed by atoms with van der Waals surface area (Å²) in [5.74, 6) is -0.167. The zero-order chi connectivity index (χ0) is 19.3.